The average Bonchev–Trinajstić information content (AvgIpc) is 2.86. The molecule has 7 unspecified atom stereocenters. The Labute approximate surface area is 232 Å². The van der Waals surface area contributed by atoms with Crippen LogP contribution in [0.3, 0.4) is 0 Å². The Kier molecular flexibility index (Phi) is 24.1. The van der Waals surface area contributed by atoms with E-state index in [0.29, 0.717) is 0 Å². The summed E-state index contributed by atoms with van der Waals surface area (Å²) in [5.41, 5.74) is 0. The Morgan fingerprint density at radius 3 is 1.42 bits per heavy atom. The predicted octanol–water partition coefficient (Wildman–Crippen LogP) is 13.3. The van der Waals surface area contributed by atoms with Crippen LogP contribution in [0.25, 0.3) is 0 Å². The minimum Gasteiger partial charge on any atom is -0.0654 e. The van der Waals surface area contributed by atoms with Gasteiger partial charge >= 0.3 is 0 Å². The van der Waals surface area contributed by atoms with E-state index in [2.05, 4.69) is 62.3 Å². The summed E-state index contributed by atoms with van der Waals surface area (Å²) in [4.78, 5) is 0. The summed E-state index contributed by atoms with van der Waals surface area (Å²) in [5.74, 6) is 6.58. The molecule has 0 nitrogen and oxygen atoms in total. The lowest BCUT2D eigenvalue weighted by atomic mass is 9.72. The van der Waals surface area contributed by atoms with Crippen LogP contribution in [0.1, 0.15) is 191 Å². The van der Waals surface area contributed by atoms with Crippen molar-refractivity contribution in [3.8, 4) is 0 Å². The van der Waals surface area contributed by atoms with Crippen LogP contribution in [-0.2, 0) is 0 Å². The quantitative estimate of drug-likeness (QED) is 0.102. The van der Waals surface area contributed by atoms with Gasteiger partial charge in [-0.25, -0.2) is 0 Å². The molecule has 0 aliphatic heterocycles. The third kappa shape index (κ3) is 18.3. The summed E-state index contributed by atoms with van der Waals surface area (Å²) in [5, 5.41) is 0. The maximum absolute atomic E-state index is 2.62. The van der Waals surface area contributed by atoms with Crippen molar-refractivity contribution in [1.29, 1.82) is 0 Å². The van der Waals surface area contributed by atoms with Crippen molar-refractivity contribution in [2.24, 2.45) is 41.4 Å². The van der Waals surface area contributed by atoms with Crippen molar-refractivity contribution in [2.75, 3.05) is 0 Å². The fraction of sp³-hybridized carbons (Fsp3) is 1.00. The minimum absolute atomic E-state index is 0.910. The third-order valence-electron chi connectivity index (χ3n) is 9.97. The zero-order valence-corrected chi connectivity index (χ0v) is 27.2. The van der Waals surface area contributed by atoms with Gasteiger partial charge in [-0.15, -0.1) is 0 Å². The Bertz CT molecular complexity index is 439. The first kappa shape index (κ1) is 36.0. The first-order chi connectivity index (χ1) is 17.3. The highest BCUT2D eigenvalue weighted by molar-refractivity contribution is 4.78. The summed E-state index contributed by atoms with van der Waals surface area (Å²) in [6.45, 7) is 21.9. The van der Waals surface area contributed by atoms with Gasteiger partial charge in [0.1, 0.15) is 0 Å². The molecule has 0 aliphatic rings. The van der Waals surface area contributed by atoms with Crippen LogP contribution in [0.15, 0.2) is 0 Å². The van der Waals surface area contributed by atoms with E-state index >= 15 is 0 Å². The minimum atomic E-state index is 0.910. The smallest absolute Gasteiger partial charge is 0.0360 e. The van der Waals surface area contributed by atoms with E-state index in [1.165, 1.54) is 128 Å². The maximum Gasteiger partial charge on any atom is -0.0360 e. The molecule has 0 bridgehead atoms. The van der Waals surface area contributed by atoms with E-state index in [0.717, 1.165) is 41.4 Å². The molecule has 0 fully saturated rings. The fourth-order valence-electron chi connectivity index (χ4n) is 6.86. The van der Waals surface area contributed by atoms with Gasteiger partial charge in [-0.2, -0.15) is 0 Å². The predicted molar refractivity (Wildman–Crippen MR) is 168 cm³/mol. The lowest BCUT2D eigenvalue weighted by Gasteiger charge is -2.34. The standard InChI is InChI=1S/C36H74/c1-10-19-32(8)26-27-34(21-12-3)28-29-35(24-17-15-22-30(6)13-4)36(33(9)20-11-2)25-18-16-23-31(7)14-5/h30-36H,10-29H2,1-9H3. The number of hydrogen-bond acceptors (Lipinski definition) is 0. The number of unbranched alkanes of at least 4 members (excludes halogenated alkanes) is 2. The van der Waals surface area contributed by atoms with Crippen LogP contribution in [0.2, 0.25) is 0 Å². The van der Waals surface area contributed by atoms with Crippen molar-refractivity contribution < 1.29 is 0 Å². The highest BCUT2D eigenvalue weighted by Gasteiger charge is 2.27. The molecule has 0 aliphatic carbocycles. The topological polar surface area (TPSA) is 0 Å². The van der Waals surface area contributed by atoms with Crippen molar-refractivity contribution in [2.45, 2.75) is 191 Å². The molecule has 0 radical (unpaired) electrons. The van der Waals surface area contributed by atoms with Crippen LogP contribution in [0.5, 0.6) is 0 Å². The first-order valence-electron chi connectivity index (χ1n) is 17.3. The highest BCUT2D eigenvalue weighted by Crippen LogP contribution is 2.38. The largest absolute Gasteiger partial charge is 0.0654 e. The summed E-state index contributed by atoms with van der Waals surface area (Å²) >= 11 is 0. The molecule has 0 saturated carbocycles. The molecule has 0 N–H and O–H groups in total. The van der Waals surface area contributed by atoms with E-state index in [9.17, 15) is 0 Å². The SMILES string of the molecule is CCCC(C)CCC(CCC)CCC(CCCCC(C)CC)C(CCCCC(C)CC)C(C)CCC. The molecule has 0 aromatic carbocycles. The number of rotatable bonds is 26. The van der Waals surface area contributed by atoms with E-state index in [1.807, 2.05) is 0 Å². The normalized spacial score (nSPS) is 17.9. The Morgan fingerprint density at radius 2 is 0.889 bits per heavy atom. The van der Waals surface area contributed by atoms with Gasteiger partial charge < -0.3 is 0 Å². The Hall–Kier alpha value is 0. The second-order valence-corrected chi connectivity index (χ2v) is 13.5. The van der Waals surface area contributed by atoms with Crippen LogP contribution in [0.4, 0.5) is 0 Å². The molecule has 0 saturated heterocycles. The molecule has 0 rings (SSSR count). The van der Waals surface area contributed by atoms with Gasteiger partial charge in [0, 0.05) is 0 Å². The lowest BCUT2D eigenvalue weighted by Crippen LogP contribution is -2.23. The van der Waals surface area contributed by atoms with Gasteiger partial charge in [-0.05, 0) is 54.3 Å². The van der Waals surface area contributed by atoms with Gasteiger partial charge in [0.05, 0.1) is 0 Å². The Balaban J connectivity index is 5.26. The van der Waals surface area contributed by atoms with Crippen molar-refractivity contribution in [3.05, 3.63) is 0 Å². The summed E-state index contributed by atoms with van der Waals surface area (Å²) in [6.07, 6.45) is 28.8. The zero-order chi connectivity index (χ0) is 27.2. The molecule has 0 heteroatoms. The second-order valence-electron chi connectivity index (χ2n) is 13.5. The zero-order valence-electron chi connectivity index (χ0n) is 27.2. The number of hydrogen-bond donors (Lipinski definition) is 0. The third-order valence-corrected chi connectivity index (χ3v) is 9.97. The molecule has 218 valence electrons. The van der Waals surface area contributed by atoms with Gasteiger partial charge in [-0.1, -0.05) is 178 Å². The average molecular weight is 507 g/mol. The van der Waals surface area contributed by atoms with E-state index < -0.39 is 0 Å². The summed E-state index contributed by atoms with van der Waals surface area (Å²) < 4.78 is 0. The molecule has 0 spiro atoms. The van der Waals surface area contributed by atoms with Crippen LogP contribution >= 0.6 is 0 Å². The molecule has 36 heavy (non-hydrogen) atoms. The van der Waals surface area contributed by atoms with E-state index in [1.54, 1.807) is 0 Å². The van der Waals surface area contributed by atoms with Crippen LogP contribution < -0.4 is 0 Å². The molecule has 7 atom stereocenters. The van der Waals surface area contributed by atoms with Crippen molar-refractivity contribution >= 4 is 0 Å². The van der Waals surface area contributed by atoms with Gasteiger partial charge in [-0.3, -0.25) is 0 Å². The Morgan fingerprint density at radius 1 is 0.389 bits per heavy atom. The van der Waals surface area contributed by atoms with Gasteiger partial charge in [0.25, 0.3) is 0 Å². The molecular weight excluding hydrogens is 432 g/mol. The van der Waals surface area contributed by atoms with Crippen molar-refractivity contribution in [1.82, 2.24) is 0 Å². The highest BCUT2D eigenvalue weighted by atomic mass is 14.3. The first-order valence-corrected chi connectivity index (χ1v) is 17.3. The summed E-state index contributed by atoms with van der Waals surface area (Å²) in [6, 6.07) is 0. The monoisotopic (exact) mass is 507 g/mol. The fourth-order valence-corrected chi connectivity index (χ4v) is 6.86. The summed E-state index contributed by atoms with van der Waals surface area (Å²) in [7, 11) is 0. The van der Waals surface area contributed by atoms with Crippen molar-refractivity contribution in [3.63, 3.8) is 0 Å². The molecule has 0 aromatic heterocycles. The van der Waals surface area contributed by atoms with Gasteiger partial charge in [0.15, 0.2) is 0 Å². The maximum atomic E-state index is 2.62. The van der Waals surface area contributed by atoms with Crippen LogP contribution in [0, 0.1) is 41.4 Å². The van der Waals surface area contributed by atoms with Crippen LogP contribution in [-0.4, -0.2) is 0 Å². The van der Waals surface area contributed by atoms with E-state index in [4.69, 9.17) is 0 Å². The molecule has 0 aromatic rings. The molecule has 0 heterocycles. The molecule has 0 amide bonds. The lowest BCUT2D eigenvalue weighted by molar-refractivity contribution is 0.169. The molecular formula is C36H74. The van der Waals surface area contributed by atoms with Gasteiger partial charge in [0.2, 0.25) is 0 Å². The van der Waals surface area contributed by atoms with E-state index in [-0.39, 0.29) is 0 Å². The second kappa shape index (κ2) is 24.1.